The van der Waals surface area contributed by atoms with Crippen molar-refractivity contribution in [3.8, 4) is 0 Å². The van der Waals surface area contributed by atoms with Crippen LogP contribution in [0.3, 0.4) is 0 Å². The predicted molar refractivity (Wildman–Crippen MR) is 83.6 cm³/mol. The molecule has 1 amide bonds. The SMILES string of the molecule is O=C(c1cc(S(=O)(=O)N2CCSCC2)c[nH]1)N1CCOCC1. The van der Waals surface area contributed by atoms with Gasteiger partial charge in [-0.1, -0.05) is 0 Å². The summed E-state index contributed by atoms with van der Waals surface area (Å²) in [6.45, 7) is 3.13. The van der Waals surface area contributed by atoms with E-state index in [2.05, 4.69) is 4.98 Å². The van der Waals surface area contributed by atoms with Crippen LogP contribution in [0.15, 0.2) is 17.2 Å². The third-order valence-corrected chi connectivity index (χ3v) is 6.61. The van der Waals surface area contributed by atoms with E-state index in [1.54, 1.807) is 16.7 Å². The zero-order valence-electron chi connectivity index (χ0n) is 12.2. The van der Waals surface area contributed by atoms with Gasteiger partial charge in [0.1, 0.15) is 10.6 Å². The fourth-order valence-corrected chi connectivity index (χ4v) is 5.09. The number of sulfonamides is 1. The summed E-state index contributed by atoms with van der Waals surface area (Å²) in [5, 5.41) is 0. The van der Waals surface area contributed by atoms with Crippen molar-refractivity contribution in [3.05, 3.63) is 18.0 Å². The minimum atomic E-state index is -3.51. The molecule has 2 aliphatic rings. The van der Waals surface area contributed by atoms with Crippen LogP contribution in [-0.4, -0.2) is 79.4 Å². The smallest absolute Gasteiger partial charge is 0.270 e. The standard InChI is InChI=1S/C13H19N3O4S2/c17-13(15-1-5-20-6-2-15)12-9-11(10-14-12)22(18,19)16-3-7-21-8-4-16/h9-10,14H,1-8H2. The van der Waals surface area contributed by atoms with Crippen LogP contribution in [0.5, 0.6) is 0 Å². The summed E-state index contributed by atoms with van der Waals surface area (Å²) >= 11 is 1.75. The van der Waals surface area contributed by atoms with Crippen LogP contribution in [-0.2, 0) is 14.8 Å². The van der Waals surface area contributed by atoms with E-state index in [1.807, 2.05) is 0 Å². The average Bonchev–Trinajstić information content (AvgIpc) is 3.06. The Morgan fingerprint density at radius 2 is 1.86 bits per heavy atom. The minimum absolute atomic E-state index is 0.163. The maximum atomic E-state index is 12.6. The molecule has 22 heavy (non-hydrogen) atoms. The van der Waals surface area contributed by atoms with Crippen molar-refractivity contribution < 1.29 is 17.9 Å². The summed E-state index contributed by atoms with van der Waals surface area (Å²) in [5.41, 5.74) is 0.312. The summed E-state index contributed by atoms with van der Waals surface area (Å²) in [6.07, 6.45) is 1.41. The van der Waals surface area contributed by atoms with Gasteiger partial charge in [-0.25, -0.2) is 8.42 Å². The first kappa shape index (κ1) is 15.9. The number of hydrogen-bond donors (Lipinski definition) is 1. The molecule has 3 rings (SSSR count). The highest BCUT2D eigenvalue weighted by Gasteiger charge is 2.28. The molecule has 0 saturated carbocycles. The number of aromatic amines is 1. The first-order valence-corrected chi connectivity index (χ1v) is 9.82. The van der Waals surface area contributed by atoms with Crippen molar-refractivity contribution in [1.29, 1.82) is 0 Å². The number of ether oxygens (including phenoxy) is 1. The van der Waals surface area contributed by atoms with Gasteiger partial charge in [-0.2, -0.15) is 16.1 Å². The second-order valence-electron chi connectivity index (χ2n) is 5.17. The molecule has 0 bridgehead atoms. The summed E-state index contributed by atoms with van der Waals surface area (Å²) in [6, 6.07) is 1.44. The Hall–Kier alpha value is -1.03. The van der Waals surface area contributed by atoms with E-state index in [-0.39, 0.29) is 10.8 Å². The Balaban J connectivity index is 1.76. The maximum Gasteiger partial charge on any atom is 0.270 e. The largest absolute Gasteiger partial charge is 0.378 e. The molecule has 0 aromatic carbocycles. The second kappa shape index (κ2) is 6.61. The molecule has 0 unspecified atom stereocenters. The van der Waals surface area contributed by atoms with Gasteiger partial charge in [-0.15, -0.1) is 0 Å². The van der Waals surface area contributed by atoms with Crippen molar-refractivity contribution in [1.82, 2.24) is 14.2 Å². The number of amides is 1. The summed E-state index contributed by atoms with van der Waals surface area (Å²) < 4.78 is 31.8. The number of morpholine rings is 1. The second-order valence-corrected chi connectivity index (χ2v) is 8.33. The van der Waals surface area contributed by atoms with Crippen LogP contribution < -0.4 is 0 Å². The highest BCUT2D eigenvalue weighted by atomic mass is 32.2. The molecule has 2 aliphatic heterocycles. The number of nitrogens with zero attached hydrogens (tertiary/aromatic N) is 2. The van der Waals surface area contributed by atoms with Gasteiger partial charge in [-0.05, 0) is 6.07 Å². The quantitative estimate of drug-likeness (QED) is 0.848. The first-order valence-electron chi connectivity index (χ1n) is 7.22. The van der Waals surface area contributed by atoms with Crippen molar-refractivity contribution >= 4 is 27.7 Å². The Morgan fingerprint density at radius 1 is 1.18 bits per heavy atom. The molecule has 1 N–H and O–H groups in total. The van der Waals surface area contributed by atoms with Crippen LogP contribution in [0.25, 0.3) is 0 Å². The van der Waals surface area contributed by atoms with Crippen LogP contribution in [0.4, 0.5) is 0 Å². The number of rotatable bonds is 3. The van der Waals surface area contributed by atoms with Crippen molar-refractivity contribution in [3.63, 3.8) is 0 Å². The number of carbonyl (C=O) groups is 1. The molecular formula is C13H19N3O4S2. The van der Waals surface area contributed by atoms with Gasteiger partial charge in [0.25, 0.3) is 5.91 Å². The van der Waals surface area contributed by atoms with E-state index in [0.29, 0.717) is 45.1 Å². The molecule has 2 saturated heterocycles. The molecule has 0 atom stereocenters. The fourth-order valence-electron chi connectivity index (χ4n) is 2.52. The minimum Gasteiger partial charge on any atom is -0.378 e. The van der Waals surface area contributed by atoms with Crippen LogP contribution in [0, 0.1) is 0 Å². The first-order chi connectivity index (χ1) is 10.6. The molecule has 0 radical (unpaired) electrons. The van der Waals surface area contributed by atoms with E-state index >= 15 is 0 Å². The number of H-pyrrole nitrogens is 1. The number of aromatic nitrogens is 1. The predicted octanol–water partition coefficient (Wildman–Crippen LogP) is 0.225. The van der Waals surface area contributed by atoms with Crippen LogP contribution in [0.2, 0.25) is 0 Å². The van der Waals surface area contributed by atoms with Crippen LogP contribution >= 0.6 is 11.8 Å². The number of hydrogen-bond acceptors (Lipinski definition) is 5. The van der Waals surface area contributed by atoms with Crippen molar-refractivity contribution in [2.45, 2.75) is 4.90 Å². The Labute approximate surface area is 134 Å². The lowest BCUT2D eigenvalue weighted by Gasteiger charge is -2.26. The lowest BCUT2D eigenvalue weighted by Crippen LogP contribution is -2.40. The molecular weight excluding hydrogens is 326 g/mol. The molecule has 122 valence electrons. The van der Waals surface area contributed by atoms with Gasteiger partial charge in [0.05, 0.1) is 13.2 Å². The zero-order chi connectivity index (χ0) is 15.6. The number of nitrogens with one attached hydrogen (secondary N) is 1. The normalized spacial score (nSPS) is 21.0. The fraction of sp³-hybridized carbons (Fsp3) is 0.615. The van der Waals surface area contributed by atoms with Gasteiger partial charge >= 0.3 is 0 Å². The Kier molecular flexibility index (Phi) is 4.76. The van der Waals surface area contributed by atoms with Crippen molar-refractivity contribution in [2.24, 2.45) is 0 Å². The molecule has 2 fully saturated rings. The molecule has 1 aromatic rings. The van der Waals surface area contributed by atoms with E-state index in [0.717, 1.165) is 11.5 Å². The summed E-state index contributed by atoms with van der Waals surface area (Å²) in [5.74, 6) is 1.44. The molecule has 9 heteroatoms. The van der Waals surface area contributed by atoms with Gasteiger partial charge in [0.15, 0.2) is 0 Å². The number of thioether (sulfide) groups is 1. The lowest BCUT2D eigenvalue weighted by atomic mass is 10.3. The topological polar surface area (TPSA) is 82.7 Å². The van der Waals surface area contributed by atoms with Crippen molar-refractivity contribution in [2.75, 3.05) is 50.9 Å². The Morgan fingerprint density at radius 3 is 2.55 bits per heavy atom. The Bertz CT molecular complexity index is 631. The number of carbonyl (C=O) groups excluding carboxylic acids is 1. The third-order valence-electron chi connectivity index (χ3n) is 3.79. The van der Waals surface area contributed by atoms with Gasteiger partial charge in [-0.3, -0.25) is 4.79 Å². The monoisotopic (exact) mass is 345 g/mol. The van der Waals surface area contributed by atoms with Crippen LogP contribution in [0.1, 0.15) is 10.5 Å². The highest BCUT2D eigenvalue weighted by molar-refractivity contribution is 7.99. The van der Waals surface area contributed by atoms with E-state index in [4.69, 9.17) is 4.74 Å². The molecule has 1 aromatic heterocycles. The third kappa shape index (κ3) is 3.17. The van der Waals surface area contributed by atoms with Gasteiger partial charge < -0.3 is 14.6 Å². The van der Waals surface area contributed by atoms with E-state index in [1.165, 1.54) is 16.6 Å². The molecule has 0 spiro atoms. The summed E-state index contributed by atoms with van der Waals surface area (Å²) in [7, 11) is -3.51. The lowest BCUT2D eigenvalue weighted by molar-refractivity contribution is 0.0299. The maximum absolute atomic E-state index is 12.6. The molecule has 3 heterocycles. The van der Waals surface area contributed by atoms with Gasteiger partial charge in [0, 0.05) is 43.9 Å². The van der Waals surface area contributed by atoms with E-state index in [9.17, 15) is 13.2 Å². The highest BCUT2D eigenvalue weighted by Crippen LogP contribution is 2.21. The summed E-state index contributed by atoms with van der Waals surface area (Å²) in [4.78, 5) is 17.0. The average molecular weight is 345 g/mol. The molecule has 7 nitrogen and oxygen atoms in total. The molecule has 0 aliphatic carbocycles. The van der Waals surface area contributed by atoms with E-state index < -0.39 is 10.0 Å². The van der Waals surface area contributed by atoms with Gasteiger partial charge in [0.2, 0.25) is 10.0 Å². The zero-order valence-corrected chi connectivity index (χ0v) is 13.8.